The molecule has 10 nitrogen and oxygen atoms in total. The molecular weight excluding hydrogens is 945 g/mol. The Morgan fingerprint density at radius 2 is 1.62 bits per heavy atom. The molecule has 0 amide bonds. The number of fused-ring (bicyclic) bond motifs is 5. The second-order valence-electron chi connectivity index (χ2n) is 28.9. The number of hydrogen-bond donors (Lipinski definition) is 5. The molecule has 2 aromatic heterocycles. The zero-order valence-corrected chi connectivity index (χ0v) is 48.2. The first kappa shape index (κ1) is 53.5. The van der Waals surface area contributed by atoms with Crippen LogP contribution in [0.3, 0.4) is 0 Å². The minimum absolute atomic E-state index is 0.101. The van der Waals surface area contributed by atoms with Gasteiger partial charge in [0.05, 0.1) is 28.8 Å². The van der Waals surface area contributed by atoms with E-state index in [1.807, 2.05) is 7.05 Å². The molecule has 12 rings (SSSR count). The minimum Gasteiger partial charge on any atom is -0.392 e. The number of ketones is 2. The summed E-state index contributed by atoms with van der Waals surface area (Å²) in [6.07, 6.45) is 20.9. The predicted octanol–water partition coefficient (Wildman–Crippen LogP) is 11.7. The van der Waals surface area contributed by atoms with Crippen LogP contribution in [0.5, 0.6) is 0 Å². The Hall–Kier alpha value is -3.12. The molecule has 2 saturated heterocycles. The molecule has 6 aliphatic carbocycles. The smallest absolute Gasteiger partial charge is 0.160 e. The maximum atomic E-state index is 15.8. The maximum absolute atomic E-state index is 15.8. The van der Waals surface area contributed by atoms with Gasteiger partial charge in [-0.2, -0.15) is 0 Å². The van der Waals surface area contributed by atoms with Gasteiger partial charge < -0.3 is 39.9 Å². The molecule has 416 valence electrons. The first-order valence-corrected chi connectivity index (χ1v) is 30.8. The molecule has 1 aromatic carbocycles. The highest BCUT2D eigenvalue weighted by Crippen LogP contribution is 2.80. The fourth-order valence-electron chi connectivity index (χ4n) is 20.3. The molecular formula is C66H96N4O6. The Balaban J connectivity index is 1.02. The number of ether oxygens (including phenoxy) is 2. The van der Waals surface area contributed by atoms with E-state index in [9.17, 15) is 10.2 Å². The van der Waals surface area contributed by atoms with Crippen LogP contribution < -0.4 is 10.6 Å². The van der Waals surface area contributed by atoms with Crippen LogP contribution in [0.4, 0.5) is 0 Å². The van der Waals surface area contributed by atoms with Crippen molar-refractivity contribution in [1.82, 2.24) is 20.2 Å². The number of carbonyl (C=O) groups excluding carboxylic acids is 2. The molecule has 13 unspecified atom stereocenters. The van der Waals surface area contributed by atoms with Gasteiger partial charge in [-0.3, -0.25) is 9.59 Å². The van der Waals surface area contributed by atoms with E-state index >= 15 is 9.59 Å². The number of rotatable bonds is 13. The number of carbonyl (C=O) groups is 2. The normalized spacial score (nSPS) is 39.9. The summed E-state index contributed by atoms with van der Waals surface area (Å²) in [5.74, 6) is 1.84. The quantitative estimate of drug-likeness (QED) is 0.107. The highest BCUT2D eigenvalue weighted by molar-refractivity contribution is 6.02. The van der Waals surface area contributed by atoms with E-state index in [-0.39, 0.29) is 40.5 Å². The Bertz CT molecular complexity index is 2720. The summed E-state index contributed by atoms with van der Waals surface area (Å²) in [6, 6.07) is 7.62. The fourth-order valence-corrected chi connectivity index (χ4v) is 20.3. The van der Waals surface area contributed by atoms with Crippen molar-refractivity contribution < 1.29 is 29.3 Å². The Kier molecular flexibility index (Phi) is 13.6. The first-order valence-electron chi connectivity index (χ1n) is 30.8. The third kappa shape index (κ3) is 8.17. The molecule has 0 bridgehead atoms. The highest BCUT2D eigenvalue weighted by Gasteiger charge is 2.77. The van der Waals surface area contributed by atoms with Crippen molar-refractivity contribution in [2.24, 2.45) is 56.2 Å². The average Bonchev–Trinajstić information content (AvgIpc) is 4.02. The van der Waals surface area contributed by atoms with Gasteiger partial charge in [0.25, 0.3) is 0 Å². The Labute approximate surface area is 455 Å². The number of epoxide rings is 1. The lowest BCUT2D eigenvalue weighted by Gasteiger charge is -2.74. The standard InChI is InChI=1S/C66H96N4O6/c1-10-68-36-40-16-23-66(32-40)35-52(73)62(5,24-25-67-9)51-18-22-63(6)58(65(51,66)8)57(74)48-39-70-38-47(30-41-28-45(42-14-12-11-13-15-42)31-46(29-41)43-19-26-75-27-20-43)55-56(70)44(37-69-55)17-21-61(4,33-50(72)59-60(2,3)76-59)54-49(71)34-64(63,7)53(48)54/h28-29,31,37-38,40,42-43,48,50-51,57-59,67-69,72,74H,10-27,30,32-36,39H2,1-9H3. The fraction of sp³-hybridized carbons (Fsp3) is 0.758. The number of aromatic nitrogens is 2. The highest BCUT2D eigenvalue weighted by atomic mass is 16.6. The second-order valence-corrected chi connectivity index (χ2v) is 28.9. The lowest BCUT2D eigenvalue weighted by atomic mass is 9.30. The first-order chi connectivity index (χ1) is 36.2. The molecule has 1 spiro atoms. The third-order valence-electron chi connectivity index (χ3n) is 24.5. The lowest BCUT2D eigenvalue weighted by molar-refractivity contribution is -0.262. The van der Waals surface area contributed by atoms with Crippen LogP contribution in [0.15, 0.2) is 41.7 Å². The molecule has 7 fully saturated rings. The van der Waals surface area contributed by atoms with E-state index in [1.54, 1.807) is 0 Å². The van der Waals surface area contributed by atoms with Gasteiger partial charge in [0, 0.05) is 73.7 Å². The number of aromatic amines is 1. The number of aliphatic hydroxyl groups is 2. The number of Topliss-reactive ketones (excluding diaryl/α,β-unsaturated/α-hetero) is 2. The summed E-state index contributed by atoms with van der Waals surface area (Å²) < 4.78 is 14.6. The van der Waals surface area contributed by atoms with Crippen LogP contribution in [0.2, 0.25) is 0 Å². The van der Waals surface area contributed by atoms with Gasteiger partial charge in [-0.25, -0.2) is 0 Å². The van der Waals surface area contributed by atoms with E-state index in [4.69, 9.17) is 9.47 Å². The third-order valence-corrected chi connectivity index (χ3v) is 24.5. The van der Waals surface area contributed by atoms with E-state index in [0.717, 1.165) is 103 Å². The van der Waals surface area contributed by atoms with Crippen molar-refractivity contribution in [3.63, 3.8) is 0 Å². The summed E-state index contributed by atoms with van der Waals surface area (Å²) in [5.41, 5.74) is 8.19. The molecule has 10 heteroatoms. The number of H-pyrrole nitrogens is 1. The van der Waals surface area contributed by atoms with Crippen molar-refractivity contribution >= 4 is 22.6 Å². The second kappa shape index (κ2) is 19.3. The predicted molar refractivity (Wildman–Crippen MR) is 301 cm³/mol. The molecule has 3 aliphatic heterocycles. The summed E-state index contributed by atoms with van der Waals surface area (Å²) in [6.45, 7) is 23.3. The summed E-state index contributed by atoms with van der Waals surface area (Å²) in [4.78, 5) is 34.9. The largest absolute Gasteiger partial charge is 0.392 e. The average molecular weight is 1040 g/mol. The Morgan fingerprint density at radius 3 is 2.32 bits per heavy atom. The van der Waals surface area contributed by atoms with Gasteiger partial charge in [-0.1, -0.05) is 79.0 Å². The number of nitrogens with zero attached hydrogens (tertiary/aromatic N) is 1. The van der Waals surface area contributed by atoms with Gasteiger partial charge in [-0.15, -0.1) is 0 Å². The molecule has 5 heterocycles. The van der Waals surface area contributed by atoms with Gasteiger partial charge >= 0.3 is 0 Å². The van der Waals surface area contributed by atoms with E-state index < -0.39 is 39.5 Å². The van der Waals surface area contributed by atoms with Crippen LogP contribution in [-0.4, -0.2) is 95.1 Å². The topological polar surface area (TPSA) is 141 Å². The number of benzene rings is 1. The number of aliphatic hydroxyl groups excluding tert-OH is 2. The van der Waals surface area contributed by atoms with Gasteiger partial charge in [0.2, 0.25) is 0 Å². The molecule has 5 N–H and O–H groups in total. The minimum atomic E-state index is -0.759. The van der Waals surface area contributed by atoms with Crippen LogP contribution in [-0.2, 0) is 38.4 Å². The maximum Gasteiger partial charge on any atom is 0.160 e. The number of aryl methyl sites for hydroxylation is 1. The molecule has 3 aromatic rings. The van der Waals surface area contributed by atoms with Crippen LogP contribution in [0, 0.1) is 56.2 Å². The van der Waals surface area contributed by atoms with Gasteiger partial charge in [0.15, 0.2) is 5.78 Å². The van der Waals surface area contributed by atoms with Gasteiger partial charge in [-0.05, 0) is 209 Å². The van der Waals surface area contributed by atoms with Crippen LogP contribution in [0.1, 0.15) is 204 Å². The Morgan fingerprint density at radius 1 is 0.895 bits per heavy atom. The molecule has 5 saturated carbocycles. The van der Waals surface area contributed by atoms with Gasteiger partial charge in [0.1, 0.15) is 11.9 Å². The molecule has 76 heavy (non-hydrogen) atoms. The zero-order valence-electron chi connectivity index (χ0n) is 48.2. The van der Waals surface area contributed by atoms with Crippen LogP contribution >= 0.6 is 0 Å². The van der Waals surface area contributed by atoms with Crippen molar-refractivity contribution in [3.8, 4) is 0 Å². The van der Waals surface area contributed by atoms with Crippen LogP contribution in [0.25, 0.3) is 11.0 Å². The van der Waals surface area contributed by atoms with E-state index in [1.165, 1.54) is 76.5 Å². The van der Waals surface area contributed by atoms with Crippen molar-refractivity contribution in [2.75, 3.05) is 39.9 Å². The van der Waals surface area contributed by atoms with E-state index in [2.05, 4.69) is 106 Å². The monoisotopic (exact) mass is 1040 g/mol. The molecule has 9 aliphatic rings. The van der Waals surface area contributed by atoms with Crippen molar-refractivity contribution in [1.29, 1.82) is 0 Å². The van der Waals surface area contributed by atoms with Crippen molar-refractivity contribution in [2.45, 2.75) is 220 Å². The summed E-state index contributed by atoms with van der Waals surface area (Å²) in [5, 5.41) is 33.8. The molecule has 0 radical (unpaired) electrons. The number of allylic oxidation sites excluding steroid dienone is 1. The summed E-state index contributed by atoms with van der Waals surface area (Å²) in [7, 11) is 2.01. The number of nitrogens with one attached hydrogen (secondary N) is 3. The number of hydrogen-bond acceptors (Lipinski definition) is 8. The zero-order chi connectivity index (χ0) is 53.4. The SMILES string of the molecule is CCNCC1CCC2(CC(=O)C(C)(CCNC)C3CCC4(C)C(C(O)C5Cn6cc(Cc7cc(C8CCCCC8)cc(C8CCOCC8)c7)c7[nH]cc(c76)CCC(C)(CC(O)C6OC6(C)C)C6=C5C4(C)CC6=O)C32C)C1. The van der Waals surface area contributed by atoms with E-state index in [0.29, 0.717) is 55.8 Å². The summed E-state index contributed by atoms with van der Waals surface area (Å²) >= 11 is 0. The lowest BCUT2D eigenvalue weighted by Crippen LogP contribution is -2.72. The van der Waals surface area contributed by atoms with Crippen molar-refractivity contribution in [3.05, 3.63) is 69.6 Å². The molecule has 13 atom stereocenters.